The number of esters is 1. The molecule has 5 heteroatoms. The molecule has 2 aromatic carbocycles. The summed E-state index contributed by atoms with van der Waals surface area (Å²) in [5.41, 5.74) is 3.67. The molecule has 0 spiro atoms. The number of nitrogens with zero attached hydrogens (tertiary/aromatic N) is 1. The number of hydrogen-bond donors (Lipinski definition) is 0. The van der Waals surface area contributed by atoms with E-state index in [9.17, 15) is 4.79 Å². The number of aromatic nitrogens is 1. The van der Waals surface area contributed by atoms with Gasteiger partial charge < -0.3 is 9.47 Å². The topological polar surface area (TPSA) is 48.4 Å². The number of rotatable bonds is 5. The summed E-state index contributed by atoms with van der Waals surface area (Å²) >= 11 is 1.35. The van der Waals surface area contributed by atoms with Crippen molar-refractivity contribution < 1.29 is 14.3 Å². The first kappa shape index (κ1) is 17.2. The third kappa shape index (κ3) is 3.72. The molecule has 0 saturated heterocycles. The molecule has 0 aliphatic carbocycles. The summed E-state index contributed by atoms with van der Waals surface area (Å²) in [5, 5.41) is 0.779. The Morgan fingerprint density at radius 1 is 1.04 bits per heavy atom. The van der Waals surface area contributed by atoms with Crippen molar-refractivity contribution >= 4 is 17.3 Å². The van der Waals surface area contributed by atoms with E-state index in [0.29, 0.717) is 17.2 Å². The molecule has 0 atom stereocenters. The van der Waals surface area contributed by atoms with Crippen LogP contribution in [0.2, 0.25) is 0 Å². The minimum Gasteiger partial charge on any atom is -0.497 e. The molecule has 0 saturated carbocycles. The standard InChI is InChI=1S/C20H19NO3S/c1-4-24-20(22)18-17(14-7-5-13(2)6-8-14)21-19(25-18)15-9-11-16(23-3)12-10-15/h5-12H,4H2,1-3H3. The first-order valence-corrected chi connectivity index (χ1v) is 8.83. The number of carbonyl (C=O) groups is 1. The van der Waals surface area contributed by atoms with E-state index >= 15 is 0 Å². The smallest absolute Gasteiger partial charge is 0.350 e. The highest BCUT2D eigenvalue weighted by molar-refractivity contribution is 7.17. The number of benzene rings is 2. The number of ether oxygens (including phenoxy) is 2. The maximum Gasteiger partial charge on any atom is 0.350 e. The molecule has 0 unspecified atom stereocenters. The van der Waals surface area contributed by atoms with E-state index in [2.05, 4.69) is 0 Å². The van der Waals surface area contributed by atoms with Crippen molar-refractivity contribution in [2.24, 2.45) is 0 Å². The zero-order valence-corrected chi connectivity index (χ0v) is 15.2. The normalized spacial score (nSPS) is 10.5. The van der Waals surface area contributed by atoms with Crippen molar-refractivity contribution in [1.29, 1.82) is 0 Å². The van der Waals surface area contributed by atoms with Gasteiger partial charge in [0.1, 0.15) is 15.6 Å². The van der Waals surface area contributed by atoms with Crippen LogP contribution in [0.25, 0.3) is 21.8 Å². The Balaban J connectivity index is 2.07. The summed E-state index contributed by atoms with van der Waals surface area (Å²) < 4.78 is 10.4. The highest BCUT2D eigenvalue weighted by Crippen LogP contribution is 2.35. The molecule has 0 aliphatic heterocycles. The van der Waals surface area contributed by atoms with Crippen molar-refractivity contribution in [1.82, 2.24) is 4.98 Å². The third-order valence-electron chi connectivity index (χ3n) is 3.75. The monoisotopic (exact) mass is 353 g/mol. The van der Waals surface area contributed by atoms with Gasteiger partial charge in [0.15, 0.2) is 0 Å². The number of thiazole rings is 1. The molecule has 1 aromatic heterocycles. The summed E-state index contributed by atoms with van der Waals surface area (Å²) in [4.78, 5) is 17.6. The van der Waals surface area contributed by atoms with Gasteiger partial charge in [-0.1, -0.05) is 29.8 Å². The molecule has 0 bridgehead atoms. The summed E-state index contributed by atoms with van der Waals surface area (Å²) in [6.07, 6.45) is 0. The summed E-state index contributed by atoms with van der Waals surface area (Å²) in [6.45, 7) is 4.16. The second-order valence-corrected chi connectivity index (χ2v) is 6.51. The van der Waals surface area contributed by atoms with Crippen LogP contribution in [0, 0.1) is 6.92 Å². The van der Waals surface area contributed by atoms with Crippen LogP contribution < -0.4 is 4.74 Å². The number of carbonyl (C=O) groups excluding carboxylic acids is 1. The van der Waals surface area contributed by atoms with Gasteiger partial charge in [0, 0.05) is 11.1 Å². The van der Waals surface area contributed by atoms with Gasteiger partial charge in [-0.05, 0) is 38.1 Å². The lowest BCUT2D eigenvalue weighted by atomic mass is 10.1. The average molecular weight is 353 g/mol. The highest BCUT2D eigenvalue weighted by atomic mass is 32.1. The summed E-state index contributed by atoms with van der Waals surface area (Å²) in [5.74, 6) is 0.444. The van der Waals surface area contributed by atoms with E-state index in [1.54, 1.807) is 14.0 Å². The van der Waals surface area contributed by atoms with Crippen LogP contribution in [0.1, 0.15) is 22.2 Å². The Kier molecular flexibility index (Phi) is 5.14. The van der Waals surface area contributed by atoms with Crippen molar-refractivity contribution in [3.63, 3.8) is 0 Å². The summed E-state index contributed by atoms with van der Waals surface area (Å²) in [7, 11) is 1.63. The van der Waals surface area contributed by atoms with Crippen molar-refractivity contribution in [2.75, 3.05) is 13.7 Å². The molecule has 0 aliphatic rings. The second-order valence-electron chi connectivity index (χ2n) is 5.51. The van der Waals surface area contributed by atoms with Gasteiger partial charge in [-0.25, -0.2) is 9.78 Å². The first-order chi connectivity index (χ1) is 12.1. The van der Waals surface area contributed by atoms with Gasteiger partial charge in [-0.15, -0.1) is 11.3 Å². The van der Waals surface area contributed by atoms with Gasteiger partial charge in [0.05, 0.1) is 19.4 Å². The zero-order valence-electron chi connectivity index (χ0n) is 14.4. The van der Waals surface area contributed by atoms with Crippen molar-refractivity contribution in [2.45, 2.75) is 13.8 Å². The van der Waals surface area contributed by atoms with Gasteiger partial charge in [-0.3, -0.25) is 0 Å². The lowest BCUT2D eigenvalue weighted by Crippen LogP contribution is -2.03. The Morgan fingerprint density at radius 2 is 1.68 bits per heavy atom. The molecular formula is C20H19NO3S. The van der Waals surface area contributed by atoms with E-state index in [1.165, 1.54) is 11.3 Å². The fourth-order valence-electron chi connectivity index (χ4n) is 2.42. The Hall–Kier alpha value is -2.66. The average Bonchev–Trinajstić information content (AvgIpc) is 3.08. The maximum atomic E-state index is 12.4. The van der Waals surface area contributed by atoms with Gasteiger partial charge in [0.25, 0.3) is 0 Å². The fourth-order valence-corrected chi connectivity index (χ4v) is 3.41. The Morgan fingerprint density at radius 3 is 2.28 bits per heavy atom. The molecule has 0 radical (unpaired) electrons. The van der Waals surface area contributed by atoms with Crippen molar-refractivity contribution in [3.05, 3.63) is 59.0 Å². The lowest BCUT2D eigenvalue weighted by Gasteiger charge is -2.02. The number of hydrogen-bond acceptors (Lipinski definition) is 5. The zero-order chi connectivity index (χ0) is 17.8. The minimum absolute atomic E-state index is 0.335. The van der Waals surface area contributed by atoms with E-state index < -0.39 is 0 Å². The second kappa shape index (κ2) is 7.49. The molecule has 1 heterocycles. The number of aryl methyl sites for hydroxylation is 1. The van der Waals surface area contributed by atoms with E-state index in [1.807, 2.05) is 55.5 Å². The molecule has 0 fully saturated rings. The van der Waals surface area contributed by atoms with E-state index in [0.717, 1.165) is 27.4 Å². The first-order valence-electron chi connectivity index (χ1n) is 8.01. The SMILES string of the molecule is CCOC(=O)c1sc(-c2ccc(OC)cc2)nc1-c1ccc(C)cc1. The Bertz CT molecular complexity index is 867. The number of methoxy groups -OCH3 is 1. The molecule has 0 N–H and O–H groups in total. The van der Waals surface area contributed by atoms with E-state index in [-0.39, 0.29) is 5.97 Å². The molecule has 25 heavy (non-hydrogen) atoms. The van der Waals surface area contributed by atoms with Crippen LogP contribution in [-0.2, 0) is 4.74 Å². The van der Waals surface area contributed by atoms with Gasteiger partial charge >= 0.3 is 5.97 Å². The maximum absolute atomic E-state index is 12.4. The van der Waals surface area contributed by atoms with Crippen molar-refractivity contribution in [3.8, 4) is 27.6 Å². The summed E-state index contributed by atoms with van der Waals surface area (Å²) in [6, 6.07) is 15.6. The third-order valence-corrected chi connectivity index (χ3v) is 4.83. The van der Waals surface area contributed by atoms with Crippen LogP contribution in [0.3, 0.4) is 0 Å². The van der Waals surface area contributed by atoms with Gasteiger partial charge in [0.2, 0.25) is 0 Å². The van der Waals surface area contributed by atoms with E-state index in [4.69, 9.17) is 14.5 Å². The van der Waals surface area contributed by atoms with Crippen LogP contribution in [0.5, 0.6) is 5.75 Å². The molecule has 4 nitrogen and oxygen atoms in total. The van der Waals surface area contributed by atoms with Crippen LogP contribution in [0.4, 0.5) is 0 Å². The Labute approximate surface area is 151 Å². The lowest BCUT2D eigenvalue weighted by molar-refractivity contribution is 0.0532. The predicted octanol–water partition coefficient (Wildman–Crippen LogP) is 4.97. The molecule has 3 aromatic rings. The molecular weight excluding hydrogens is 334 g/mol. The van der Waals surface area contributed by atoms with Crippen LogP contribution in [-0.4, -0.2) is 24.7 Å². The van der Waals surface area contributed by atoms with Crippen LogP contribution in [0.15, 0.2) is 48.5 Å². The highest BCUT2D eigenvalue weighted by Gasteiger charge is 2.21. The fraction of sp³-hybridized carbons (Fsp3) is 0.200. The largest absolute Gasteiger partial charge is 0.497 e. The predicted molar refractivity (Wildman–Crippen MR) is 100 cm³/mol. The van der Waals surface area contributed by atoms with Crippen LogP contribution >= 0.6 is 11.3 Å². The van der Waals surface area contributed by atoms with Gasteiger partial charge in [-0.2, -0.15) is 0 Å². The molecule has 3 rings (SSSR count). The molecule has 0 amide bonds. The minimum atomic E-state index is -0.338. The molecule has 128 valence electrons. The quantitative estimate of drug-likeness (QED) is 0.608.